The summed E-state index contributed by atoms with van der Waals surface area (Å²) in [6.07, 6.45) is 1.28. The van der Waals surface area contributed by atoms with Crippen LogP contribution >= 0.6 is 0 Å². The van der Waals surface area contributed by atoms with Crippen LogP contribution in [0.2, 0.25) is 0 Å². The minimum absolute atomic E-state index is 0.00760. The Balaban J connectivity index is 1.84. The number of nitrogens with zero attached hydrogens (tertiary/aromatic N) is 2. The van der Waals surface area contributed by atoms with Crippen molar-refractivity contribution in [3.63, 3.8) is 0 Å². The van der Waals surface area contributed by atoms with Gasteiger partial charge in [-0.1, -0.05) is 42.5 Å². The van der Waals surface area contributed by atoms with Crippen LogP contribution in [0, 0.1) is 17.0 Å². The van der Waals surface area contributed by atoms with Crippen molar-refractivity contribution in [3.05, 3.63) is 76.0 Å². The van der Waals surface area contributed by atoms with E-state index in [-0.39, 0.29) is 5.69 Å². The number of fused-ring (bicyclic) bond motifs is 1. The monoisotopic (exact) mass is 293 g/mol. The topological polar surface area (TPSA) is 68.1 Å². The molecule has 1 N–H and O–H groups in total. The smallest absolute Gasteiger partial charge is 0.287 e. The zero-order valence-corrected chi connectivity index (χ0v) is 12.1. The molecule has 0 saturated heterocycles. The first-order chi connectivity index (χ1) is 10.6. The Morgan fingerprint density at radius 3 is 2.73 bits per heavy atom. The lowest BCUT2D eigenvalue weighted by Crippen LogP contribution is -2.04. The first-order valence-corrected chi connectivity index (χ1v) is 6.97. The SMILES string of the molecule is Cc1cc([N+](=O)[O-])cnc1NCc1cccc2ccccc12. The Hall–Kier alpha value is -2.95. The van der Waals surface area contributed by atoms with Gasteiger partial charge in [-0.25, -0.2) is 4.98 Å². The molecule has 0 spiro atoms. The fraction of sp³-hybridized carbons (Fsp3) is 0.118. The summed E-state index contributed by atoms with van der Waals surface area (Å²) in [5.41, 5.74) is 1.93. The second-order valence-corrected chi connectivity index (χ2v) is 5.11. The van der Waals surface area contributed by atoms with E-state index in [0.29, 0.717) is 12.4 Å². The summed E-state index contributed by atoms with van der Waals surface area (Å²) in [6.45, 7) is 2.43. The Labute approximate surface area is 127 Å². The number of benzene rings is 2. The number of pyridine rings is 1. The molecule has 22 heavy (non-hydrogen) atoms. The number of anilines is 1. The Morgan fingerprint density at radius 2 is 1.95 bits per heavy atom. The lowest BCUT2D eigenvalue weighted by molar-refractivity contribution is -0.385. The van der Waals surface area contributed by atoms with Gasteiger partial charge in [0.2, 0.25) is 0 Å². The van der Waals surface area contributed by atoms with Gasteiger partial charge in [0, 0.05) is 12.6 Å². The molecular weight excluding hydrogens is 278 g/mol. The fourth-order valence-electron chi connectivity index (χ4n) is 2.47. The predicted molar refractivity (Wildman–Crippen MR) is 86.9 cm³/mol. The molecule has 0 aliphatic rings. The molecule has 0 atom stereocenters. The second kappa shape index (κ2) is 5.81. The highest BCUT2D eigenvalue weighted by Crippen LogP contribution is 2.21. The maximum atomic E-state index is 10.7. The minimum Gasteiger partial charge on any atom is -0.366 e. The molecule has 5 heteroatoms. The van der Waals surface area contributed by atoms with Gasteiger partial charge in [-0.05, 0) is 28.8 Å². The maximum Gasteiger partial charge on any atom is 0.287 e. The summed E-state index contributed by atoms with van der Waals surface area (Å²) in [6, 6.07) is 15.9. The normalized spacial score (nSPS) is 10.6. The third-order valence-corrected chi connectivity index (χ3v) is 3.60. The van der Waals surface area contributed by atoms with Gasteiger partial charge in [0.15, 0.2) is 0 Å². The third-order valence-electron chi connectivity index (χ3n) is 3.60. The van der Waals surface area contributed by atoms with E-state index < -0.39 is 4.92 Å². The fourth-order valence-corrected chi connectivity index (χ4v) is 2.47. The minimum atomic E-state index is -0.436. The molecule has 1 heterocycles. The zero-order valence-electron chi connectivity index (χ0n) is 12.1. The standard InChI is InChI=1S/C17H15N3O2/c1-12-9-15(20(21)22)11-19-17(12)18-10-14-7-4-6-13-5-2-3-8-16(13)14/h2-9,11H,10H2,1H3,(H,18,19). The number of aromatic nitrogens is 1. The largest absolute Gasteiger partial charge is 0.366 e. The average Bonchev–Trinajstić information content (AvgIpc) is 2.53. The van der Waals surface area contributed by atoms with E-state index in [4.69, 9.17) is 0 Å². The Bertz CT molecular complexity index is 841. The highest BCUT2D eigenvalue weighted by Gasteiger charge is 2.09. The van der Waals surface area contributed by atoms with Crippen LogP contribution in [0.15, 0.2) is 54.7 Å². The van der Waals surface area contributed by atoms with E-state index in [1.54, 1.807) is 0 Å². The van der Waals surface area contributed by atoms with Crippen molar-refractivity contribution in [1.82, 2.24) is 4.98 Å². The summed E-state index contributed by atoms with van der Waals surface area (Å²) >= 11 is 0. The van der Waals surface area contributed by atoms with Crippen LogP contribution in [0.4, 0.5) is 11.5 Å². The van der Waals surface area contributed by atoms with Crippen molar-refractivity contribution in [2.24, 2.45) is 0 Å². The van der Waals surface area contributed by atoms with E-state index in [2.05, 4.69) is 34.6 Å². The van der Waals surface area contributed by atoms with Crippen LogP contribution in [0.5, 0.6) is 0 Å². The molecule has 0 bridgehead atoms. The van der Waals surface area contributed by atoms with Gasteiger partial charge >= 0.3 is 0 Å². The van der Waals surface area contributed by atoms with Gasteiger partial charge in [0.1, 0.15) is 12.0 Å². The Morgan fingerprint density at radius 1 is 1.18 bits per heavy atom. The van der Waals surface area contributed by atoms with Gasteiger partial charge in [-0.2, -0.15) is 0 Å². The van der Waals surface area contributed by atoms with Crippen LogP contribution in [0.25, 0.3) is 10.8 Å². The number of rotatable bonds is 4. The molecule has 0 aliphatic heterocycles. The van der Waals surface area contributed by atoms with Gasteiger partial charge < -0.3 is 5.32 Å². The van der Waals surface area contributed by atoms with Crippen molar-refractivity contribution in [2.75, 3.05) is 5.32 Å². The molecule has 5 nitrogen and oxygen atoms in total. The number of hydrogen-bond acceptors (Lipinski definition) is 4. The van der Waals surface area contributed by atoms with E-state index >= 15 is 0 Å². The molecule has 0 amide bonds. The van der Waals surface area contributed by atoms with E-state index in [1.165, 1.54) is 23.0 Å². The van der Waals surface area contributed by atoms with Crippen LogP contribution in [-0.4, -0.2) is 9.91 Å². The summed E-state index contributed by atoms with van der Waals surface area (Å²) in [5, 5.41) is 16.4. The van der Waals surface area contributed by atoms with Crippen LogP contribution in [0.3, 0.4) is 0 Å². The molecule has 0 saturated carbocycles. The highest BCUT2D eigenvalue weighted by atomic mass is 16.6. The highest BCUT2D eigenvalue weighted by molar-refractivity contribution is 5.85. The van der Waals surface area contributed by atoms with Crippen molar-refractivity contribution < 1.29 is 4.92 Å². The Kier molecular flexibility index (Phi) is 3.70. The van der Waals surface area contributed by atoms with Crippen LogP contribution in [-0.2, 0) is 6.54 Å². The molecule has 1 aromatic heterocycles. The third kappa shape index (κ3) is 2.74. The summed E-state index contributed by atoms with van der Waals surface area (Å²) in [7, 11) is 0. The predicted octanol–water partition coefficient (Wildman–Crippen LogP) is 4.06. The quantitative estimate of drug-likeness (QED) is 0.581. The summed E-state index contributed by atoms with van der Waals surface area (Å²) in [5.74, 6) is 0.665. The number of nitrogens with one attached hydrogen (secondary N) is 1. The van der Waals surface area contributed by atoms with Crippen molar-refractivity contribution in [3.8, 4) is 0 Å². The zero-order chi connectivity index (χ0) is 15.5. The molecule has 0 unspecified atom stereocenters. The van der Waals surface area contributed by atoms with E-state index in [0.717, 1.165) is 11.1 Å². The molecule has 3 aromatic rings. The summed E-state index contributed by atoms with van der Waals surface area (Å²) in [4.78, 5) is 14.4. The second-order valence-electron chi connectivity index (χ2n) is 5.11. The van der Waals surface area contributed by atoms with Gasteiger partial charge in [-0.15, -0.1) is 0 Å². The maximum absolute atomic E-state index is 10.7. The molecule has 0 fully saturated rings. The van der Waals surface area contributed by atoms with E-state index in [1.807, 2.05) is 25.1 Å². The van der Waals surface area contributed by atoms with Gasteiger partial charge in [0.05, 0.1) is 4.92 Å². The lowest BCUT2D eigenvalue weighted by atomic mass is 10.0. The molecule has 110 valence electrons. The summed E-state index contributed by atoms with van der Waals surface area (Å²) < 4.78 is 0. The van der Waals surface area contributed by atoms with Crippen LogP contribution < -0.4 is 5.32 Å². The average molecular weight is 293 g/mol. The van der Waals surface area contributed by atoms with E-state index in [9.17, 15) is 10.1 Å². The van der Waals surface area contributed by atoms with Gasteiger partial charge in [-0.3, -0.25) is 10.1 Å². The van der Waals surface area contributed by atoms with Crippen molar-refractivity contribution >= 4 is 22.3 Å². The van der Waals surface area contributed by atoms with Gasteiger partial charge in [0.25, 0.3) is 5.69 Å². The molecule has 0 aliphatic carbocycles. The van der Waals surface area contributed by atoms with Crippen molar-refractivity contribution in [1.29, 1.82) is 0 Å². The lowest BCUT2D eigenvalue weighted by Gasteiger charge is -2.10. The molecule has 3 rings (SSSR count). The molecular formula is C17H15N3O2. The number of aryl methyl sites for hydroxylation is 1. The molecule has 2 aromatic carbocycles. The van der Waals surface area contributed by atoms with Crippen LogP contribution in [0.1, 0.15) is 11.1 Å². The molecule has 0 radical (unpaired) electrons. The van der Waals surface area contributed by atoms with Crippen molar-refractivity contribution in [2.45, 2.75) is 13.5 Å². The first-order valence-electron chi connectivity index (χ1n) is 6.97. The number of nitro groups is 1. The number of hydrogen-bond donors (Lipinski definition) is 1. The first kappa shape index (κ1) is 14.0.